The number of ether oxygens (including phenoxy) is 1. The summed E-state index contributed by atoms with van der Waals surface area (Å²) in [5.41, 5.74) is 10.8. The van der Waals surface area contributed by atoms with Crippen LogP contribution in [0, 0.1) is 18.8 Å². The van der Waals surface area contributed by atoms with Gasteiger partial charge in [-0.25, -0.2) is 9.78 Å². The molecule has 0 fully saturated rings. The molecular formula is C24H19N3O2. The highest BCUT2D eigenvalue weighted by atomic mass is 16.5. The maximum absolute atomic E-state index is 11.7. The van der Waals surface area contributed by atoms with Gasteiger partial charge in [0.05, 0.1) is 17.7 Å². The van der Waals surface area contributed by atoms with Gasteiger partial charge in [-0.3, -0.25) is 4.98 Å². The van der Waals surface area contributed by atoms with E-state index in [1.54, 1.807) is 37.4 Å². The predicted molar refractivity (Wildman–Crippen MR) is 115 cm³/mol. The van der Waals surface area contributed by atoms with E-state index in [9.17, 15) is 4.79 Å². The zero-order valence-corrected chi connectivity index (χ0v) is 16.2. The highest BCUT2D eigenvalue weighted by Gasteiger charge is 2.08. The van der Waals surface area contributed by atoms with Crippen molar-refractivity contribution in [2.75, 3.05) is 12.3 Å². The molecule has 0 saturated carbocycles. The number of rotatable bonds is 2. The van der Waals surface area contributed by atoms with Crippen molar-refractivity contribution < 1.29 is 9.53 Å². The number of nitrogen functional groups attached to an aromatic ring is 1. The van der Waals surface area contributed by atoms with Gasteiger partial charge < -0.3 is 10.5 Å². The molecule has 0 atom stereocenters. The lowest BCUT2D eigenvalue weighted by molar-refractivity contribution is 0.0526. The average molecular weight is 381 g/mol. The Kier molecular flexibility index (Phi) is 4.84. The van der Waals surface area contributed by atoms with E-state index in [2.05, 4.69) is 21.8 Å². The van der Waals surface area contributed by atoms with Crippen molar-refractivity contribution in [3.8, 4) is 11.8 Å². The third-order valence-corrected chi connectivity index (χ3v) is 4.56. The molecule has 0 aliphatic carbocycles. The van der Waals surface area contributed by atoms with Gasteiger partial charge in [-0.1, -0.05) is 24.0 Å². The van der Waals surface area contributed by atoms with E-state index in [1.807, 2.05) is 31.2 Å². The van der Waals surface area contributed by atoms with Crippen LogP contribution >= 0.6 is 0 Å². The lowest BCUT2D eigenvalue weighted by atomic mass is 10.1. The van der Waals surface area contributed by atoms with E-state index in [0.29, 0.717) is 23.5 Å². The molecule has 2 aromatic heterocycles. The first kappa shape index (κ1) is 18.5. The summed E-state index contributed by atoms with van der Waals surface area (Å²) in [6.45, 7) is 4.15. The van der Waals surface area contributed by atoms with Gasteiger partial charge in [-0.05, 0) is 55.8 Å². The number of benzene rings is 2. The summed E-state index contributed by atoms with van der Waals surface area (Å²) in [5.74, 6) is 6.31. The molecule has 0 spiro atoms. The summed E-state index contributed by atoms with van der Waals surface area (Å²) in [6.07, 6.45) is 1.69. The van der Waals surface area contributed by atoms with Gasteiger partial charge in [-0.15, -0.1) is 0 Å². The van der Waals surface area contributed by atoms with Crippen molar-refractivity contribution >= 4 is 33.6 Å². The van der Waals surface area contributed by atoms with Gasteiger partial charge in [0.15, 0.2) is 5.82 Å². The molecule has 0 unspecified atom stereocenters. The molecule has 4 aromatic rings. The summed E-state index contributed by atoms with van der Waals surface area (Å²) in [6, 6.07) is 15.1. The second kappa shape index (κ2) is 7.61. The number of hydrogen-bond acceptors (Lipinski definition) is 5. The molecule has 2 N–H and O–H groups in total. The number of fused-ring (bicyclic) bond motifs is 3. The number of anilines is 1. The Morgan fingerprint density at radius 3 is 2.55 bits per heavy atom. The summed E-state index contributed by atoms with van der Waals surface area (Å²) in [7, 11) is 0. The van der Waals surface area contributed by atoms with Crippen molar-refractivity contribution in [3.05, 3.63) is 77.0 Å². The van der Waals surface area contributed by atoms with E-state index in [4.69, 9.17) is 10.5 Å². The number of carbonyl (C=O) groups is 1. The van der Waals surface area contributed by atoms with E-state index in [0.717, 1.165) is 33.0 Å². The van der Waals surface area contributed by atoms with Crippen LogP contribution < -0.4 is 5.73 Å². The minimum Gasteiger partial charge on any atom is -0.462 e. The van der Waals surface area contributed by atoms with Crippen LogP contribution in [0.25, 0.3) is 21.8 Å². The van der Waals surface area contributed by atoms with E-state index in [1.165, 1.54) is 0 Å². The molecule has 4 rings (SSSR count). The topological polar surface area (TPSA) is 78.1 Å². The highest BCUT2D eigenvalue weighted by molar-refractivity contribution is 6.08. The molecule has 5 heteroatoms. The fraction of sp³-hybridized carbons (Fsp3) is 0.125. The Bertz CT molecular complexity index is 1300. The molecule has 0 aliphatic rings. The summed E-state index contributed by atoms with van der Waals surface area (Å²) in [5, 5.41) is 1.92. The first-order valence-corrected chi connectivity index (χ1v) is 9.30. The molecule has 0 radical (unpaired) electrons. The van der Waals surface area contributed by atoms with E-state index >= 15 is 0 Å². The Morgan fingerprint density at radius 2 is 1.79 bits per heavy atom. The van der Waals surface area contributed by atoms with Crippen molar-refractivity contribution in [1.29, 1.82) is 0 Å². The second-order valence-electron chi connectivity index (χ2n) is 6.69. The number of nitrogens with zero attached hydrogens (tertiary/aromatic N) is 2. The average Bonchev–Trinajstić information content (AvgIpc) is 2.72. The summed E-state index contributed by atoms with van der Waals surface area (Å²) >= 11 is 0. The Morgan fingerprint density at radius 1 is 1.03 bits per heavy atom. The minimum atomic E-state index is -0.334. The first-order valence-electron chi connectivity index (χ1n) is 9.30. The number of hydrogen-bond donors (Lipinski definition) is 1. The van der Waals surface area contributed by atoms with Gasteiger partial charge in [0.1, 0.15) is 5.52 Å². The largest absolute Gasteiger partial charge is 0.462 e. The first-order chi connectivity index (χ1) is 14.0. The van der Waals surface area contributed by atoms with Crippen molar-refractivity contribution in [2.24, 2.45) is 0 Å². The standard InChI is InChI=1S/C24H19N3O2/c1-3-29-24(28)18-9-7-16(8-10-18)5-6-17-13-20-19-11-4-15(2)12-21(19)27-23(25)22(20)26-14-17/h4,7-14H,3H2,1-2H3,(H2,25,27). The Balaban J connectivity index is 1.71. The number of pyridine rings is 2. The smallest absolute Gasteiger partial charge is 0.338 e. The lowest BCUT2D eigenvalue weighted by Gasteiger charge is -2.07. The van der Waals surface area contributed by atoms with Gasteiger partial charge in [0, 0.05) is 28.1 Å². The van der Waals surface area contributed by atoms with E-state index in [-0.39, 0.29) is 5.97 Å². The minimum absolute atomic E-state index is 0.334. The zero-order valence-electron chi connectivity index (χ0n) is 16.2. The molecule has 0 amide bonds. The molecule has 5 nitrogen and oxygen atoms in total. The van der Waals surface area contributed by atoms with Crippen LogP contribution in [0.15, 0.2) is 54.7 Å². The maximum Gasteiger partial charge on any atom is 0.338 e. The van der Waals surface area contributed by atoms with Crippen molar-refractivity contribution in [2.45, 2.75) is 13.8 Å². The van der Waals surface area contributed by atoms with Crippen molar-refractivity contribution in [3.63, 3.8) is 0 Å². The van der Waals surface area contributed by atoms with Crippen LogP contribution in [0.4, 0.5) is 5.82 Å². The van der Waals surface area contributed by atoms with Crippen LogP contribution in [0.5, 0.6) is 0 Å². The predicted octanol–water partition coefficient (Wildman–Crippen LogP) is 4.25. The van der Waals surface area contributed by atoms with Crippen LogP contribution in [-0.2, 0) is 4.74 Å². The van der Waals surface area contributed by atoms with Gasteiger partial charge in [0.2, 0.25) is 0 Å². The van der Waals surface area contributed by atoms with Crippen LogP contribution in [0.1, 0.15) is 34.0 Å². The fourth-order valence-electron chi connectivity index (χ4n) is 3.14. The third kappa shape index (κ3) is 3.74. The zero-order chi connectivity index (χ0) is 20.4. The SMILES string of the molecule is CCOC(=O)c1ccc(C#Cc2cnc3c(N)nc4cc(C)ccc4c3c2)cc1. The van der Waals surface area contributed by atoms with Gasteiger partial charge >= 0.3 is 5.97 Å². The molecule has 0 aliphatic heterocycles. The van der Waals surface area contributed by atoms with Gasteiger partial charge in [-0.2, -0.15) is 0 Å². The number of aromatic nitrogens is 2. The fourth-order valence-corrected chi connectivity index (χ4v) is 3.14. The van der Waals surface area contributed by atoms with Crippen LogP contribution in [0.3, 0.4) is 0 Å². The van der Waals surface area contributed by atoms with Gasteiger partial charge in [0.25, 0.3) is 0 Å². The summed E-state index contributed by atoms with van der Waals surface area (Å²) in [4.78, 5) is 20.7. The molecule has 2 aromatic carbocycles. The molecule has 2 heterocycles. The molecule has 0 saturated heterocycles. The highest BCUT2D eigenvalue weighted by Crippen LogP contribution is 2.27. The molecular weight excluding hydrogens is 362 g/mol. The summed E-state index contributed by atoms with van der Waals surface area (Å²) < 4.78 is 4.99. The molecule has 0 bridgehead atoms. The Hall–Kier alpha value is -3.91. The third-order valence-electron chi connectivity index (χ3n) is 4.56. The maximum atomic E-state index is 11.7. The normalized spacial score (nSPS) is 10.6. The monoisotopic (exact) mass is 381 g/mol. The Labute approximate surface area is 168 Å². The second-order valence-corrected chi connectivity index (χ2v) is 6.69. The number of nitrogens with two attached hydrogens (primary N) is 1. The number of carbonyl (C=O) groups excluding carboxylic acids is 1. The quantitative estimate of drug-likeness (QED) is 0.319. The van der Waals surface area contributed by atoms with Crippen LogP contribution in [-0.4, -0.2) is 22.5 Å². The van der Waals surface area contributed by atoms with Crippen LogP contribution in [0.2, 0.25) is 0 Å². The lowest BCUT2D eigenvalue weighted by Crippen LogP contribution is -2.04. The van der Waals surface area contributed by atoms with Crippen molar-refractivity contribution in [1.82, 2.24) is 9.97 Å². The van der Waals surface area contributed by atoms with E-state index < -0.39 is 0 Å². The number of aryl methyl sites for hydroxylation is 1. The molecule has 29 heavy (non-hydrogen) atoms. The molecule has 142 valence electrons. The number of esters is 1.